The van der Waals surface area contributed by atoms with Gasteiger partial charge in [0.15, 0.2) is 0 Å². The lowest BCUT2D eigenvalue weighted by Gasteiger charge is -2.27. The Morgan fingerprint density at radius 1 is 0.163 bits per heavy atom. The Hall–Kier alpha value is -10.3. The number of thiophene rings is 3. The maximum atomic E-state index is 2.36. The standard InChI is InChI=1S/C80H55N3S3/c1-4-14-60(15-5-1)77-52-53-78(84-77)61-32-46-74(47-33-61)83(70-42-28-58(29-43-70)56-24-38-68(39-25-56)81(66-18-6-2-7-19-66)72-48-34-62(35-49-72)79-54-64-16-10-12-22-75(64)85-79)71-44-30-59(31-45-71)57-26-40-69(41-27-57)82(67-20-8-3-9-21-67)73-50-36-63(37-51-73)80-55-65-17-11-13-23-76(65)86-80/h1-55H. The van der Waals surface area contributed by atoms with Gasteiger partial charge in [0, 0.05) is 80.1 Å². The van der Waals surface area contributed by atoms with Gasteiger partial charge in [0.05, 0.1) is 0 Å². The van der Waals surface area contributed by atoms with Crippen molar-refractivity contribution in [2.45, 2.75) is 0 Å². The molecule has 0 aliphatic rings. The molecule has 0 atom stereocenters. The molecule has 0 fully saturated rings. The molecule has 0 radical (unpaired) electrons. The maximum Gasteiger partial charge on any atom is 0.0462 e. The number of anilines is 9. The predicted molar refractivity (Wildman–Crippen MR) is 372 cm³/mol. The molecule has 3 heterocycles. The highest BCUT2D eigenvalue weighted by Gasteiger charge is 2.19. The molecule has 0 amide bonds. The second-order valence-corrected chi connectivity index (χ2v) is 24.6. The van der Waals surface area contributed by atoms with Crippen LogP contribution in [0.25, 0.3) is 84.2 Å². The lowest BCUT2D eigenvalue weighted by atomic mass is 10.0. The van der Waals surface area contributed by atoms with Gasteiger partial charge >= 0.3 is 0 Å². The number of hydrogen-bond acceptors (Lipinski definition) is 6. The first-order chi connectivity index (χ1) is 42.6. The van der Waals surface area contributed by atoms with Crippen LogP contribution in [-0.4, -0.2) is 0 Å². The van der Waals surface area contributed by atoms with Crippen LogP contribution < -0.4 is 14.7 Å². The fourth-order valence-corrected chi connectivity index (χ4v) is 14.7. The van der Waals surface area contributed by atoms with Crippen molar-refractivity contribution in [3.05, 3.63) is 334 Å². The van der Waals surface area contributed by atoms with Gasteiger partial charge in [-0.3, -0.25) is 0 Å². The van der Waals surface area contributed by atoms with E-state index in [0.29, 0.717) is 0 Å². The van der Waals surface area contributed by atoms with Crippen LogP contribution >= 0.6 is 34.0 Å². The van der Waals surface area contributed by atoms with Crippen molar-refractivity contribution in [3.63, 3.8) is 0 Å². The number of hydrogen-bond donors (Lipinski definition) is 0. The highest BCUT2D eigenvalue weighted by atomic mass is 32.1. The fraction of sp³-hybridized carbons (Fsp3) is 0. The summed E-state index contributed by atoms with van der Waals surface area (Å²) in [5, 5.41) is 2.57. The van der Waals surface area contributed by atoms with Gasteiger partial charge < -0.3 is 14.7 Å². The molecule has 3 aromatic heterocycles. The lowest BCUT2D eigenvalue weighted by molar-refractivity contribution is 1.28. The zero-order valence-corrected chi connectivity index (χ0v) is 49.3. The third-order valence-electron chi connectivity index (χ3n) is 15.9. The third-order valence-corrected chi connectivity index (χ3v) is 19.5. The highest BCUT2D eigenvalue weighted by Crippen LogP contribution is 2.44. The molecule has 15 aromatic rings. The number of rotatable bonds is 15. The molecular formula is C80H55N3S3. The van der Waals surface area contributed by atoms with E-state index in [4.69, 9.17) is 0 Å². The normalized spacial score (nSPS) is 11.3. The molecule has 3 nitrogen and oxygen atoms in total. The second kappa shape index (κ2) is 23.4. The zero-order valence-electron chi connectivity index (χ0n) is 46.8. The summed E-state index contributed by atoms with van der Waals surface area (Å²) in [5.41, 5.74) is 19.3. The van der Waals surface area contributed by atoms with Crippen LogP contribution in [0.2, 0.25) is 0 Å². The summed E-state index contributed by atoms with van der Waals surface area (Å²) in [5.74, 6) is 0. The topological polar surface area (TPSA) is 9.72 Å². The predicted octanol–water partition coefficient (Wildman–Crippen LogP) is 24.6. The van der Waals surface area contributed by atoms with Crippen LogP contribution in [0.4, 0.5) is 51.2 Å². The second-order valence-electron chi connectivity index (χ2n) is 21.3. The van der Waals surface area contributed by atoms with Crippen molar-refractivity contribution >= 4 is 105 Å². The number of para-hydroxylation sites is 2. The molecule has 0 saturated carbocycles. The minimum absolute atomic E-state index is 1.07. The van der Waals surface area contributed by atoms with E-state index in [0.717, 1.165) is 73.4 Å². The smallest absolute Gasteiger partial charge is 0.0462 e. The Kier molecular flexibility index (Phi) is 14.3. The summed E-state index contributed by atoms with van der Waals surface area (Å²) in [6.07, 6.45) is 0. The van der Waals surface area contributed by atoms with E-state index in [1.807, 2.05) is 34.0 Å². The zero-order chi connectivity index (χ0) is 57.2. The van der Waals surface area contributed by atoms with Gasteiger partial charge in [-0.05, 0) is 201 Å². The van der Waals surface area contributed by atoms with E-state index >= 15 is 0 Å². The van der Waals surface area contributed by atoms with Crippen LogP contribution in [0.1, 0.15) is 0 Å². The summed E-state index contributed by atoms with van der Waals surface area (Å²) in [4.78, 5) is 12.1. The van der Waals surface area contributed by atoms with Gasteiger partial charge in [-0.1, -0.05) is 188 Å². The molecule has 0 saturated heterocycles. The van der Waals surface area contributed by atoms with Gasteiger partial charge in [-0.25, -0.2) is 0 Å². The monoisotopic (exact) mass is 1150 g/mol. The maximum absolute atomic E-state index is 2.36. The molecule has 408 valence electrons. The molecule has 0 aliphatic carbocycles. The summed E-state index contributed by atoms with van der Waals surface area (Å²) in [7, 11) is 0. The fourth-order valence-electron chi connectivity index (χ4n) is 11.5. The summed E-state index contributed by atoms with van der Waals surface area (Å²) in [6.45, 7) is 0. The molecule has 6 heteroatoms. The molecule has 0 spiro atoms. The van der Waals surface area contributed by atoms with E-state index in [-0.39, 0.29) is 0 Å². The van der Waals surface area contributed by atoms with Gasteiger partial charge in [0.1, 0.15) is 0 Å². The minimum atomic E-state index is 1.07. The van der Waals surface area contributed by atoms with E-state index in [2.05, 4.69) is 348 Å². The first kappa shape index (κ1) is 52.5. The Labute approximate surface area is 514 Å². The van der Waals surface area contributed by atoms with Gasteiger partial charge in [0.25, 0.3) is 0 Å². The minimum Gasteiger partial charge on any atom is -0.311 e. The van der Waals surface area contributed by atoms with Gasteiger partial charge in [0.2, 0.25) is 0 Å². The lowest BCUT2D eigenvalue weighted by Crippen LogP contribution is -2.10. The van der Waals surface area contributed by atoms with Crippen molar-refractivity contribution < 1.29 is 0 Å². The van der Waals surface area contributed by atoms with Crippen LogP contribution in [-0.2, 0) is 0 Å². The quantitative estimate of drug-likeness (QED) is 0.101. The Morgan fingerprint density at radius 3 is 0.698 bits per heavy atom. The van der Waals surface area contributed by atoms with Crippen LogP contribution in [0.3, 0.4) is 0 Å². The van der Waals surface area contributed by atoms with E-state index in [1.54, 1.807) is 0 Å². The average molecular weight is 1150 g/mol. The van der Waals surface area contributed by atoms with E-state index in [9.17, 15) is 0 Å². The molecule has 0 bridgehead atoms. The molecule has 0 N–H and O–H groups in total. The number of nitrogens with zero attached hydrogens (tertiary/aromatic N) is 3. The Morgan fingerprint density at radius 2 is 0.395 bits per heavy atom. The van der Waals surface area contributed by atoms with Crippen molar-refractivity contribution in [1.29, 1.82) is 0 Å². The Balaban J connectivity index is 0.713. The summed E-state index contributed by atoms with van der Waals surface area (Å²) >= 11 is 5.50. The molecule has 0 unspecified atom stereocenters. The average Bonchev–Trinajstić information content (AvgIpc) is 3.80. The van der Waals surface area contributed by atoms with Crippen LogP contribution in [0.5, 0.6) is 0 Å². The summed E-state index contributed by atoms with van der Waals surface area (Å²) in [6, 6.07) is 121. The Bertz CT molecular complexity index is 4430. The van der Waals surface area contributed by atoms with Crippen molar-refractivity contribution in [2.75, 3.05) is 14.7 Å². The van der Waals surface area contributed by atoms with Crippen molar-refractivity contribution in [1.82, 2.24) is 0 Å². The van der Waals surface area contributed by atoms with Crippen molar-refractivity contribution in [3.8, 4) is 64.0 Å². The first-order valence-corrected chi connectivity index (χ1v) is 31.4. The SMILES string of the molecule is c1ccc(-c2ccc(-c3ccc(N(c4ccc(-c5ccc(N(c6ccccc6)c6ccc(-c7cc8ccccc8s7)cc6)cc5)cc4)c4ccc(-c5ccc(N(c6ccccc6)c6ccc(-c7cc8ccccc8s7)cc6)cc5)cc4)cc3)s2)cc1. The largest absolute Gasteiger partial charge is 0.311 e. The molecule has 12 aromatic carbocycles. The van der Waals surface area contributed by atoms with Crippen LogP contribution in [0.15, 0.2) is 334 Å². The summed E-state index contributed by atoms with van der Waals surface area (Å²) < 4.78 is 2.61. The van der Waals surface area contributed by atoms with E-state index in [1.165, 1.54) is 61.9 Å². The van der Waals surface area contributed by atoms with E-state index < -0.39 is 0 Å². The van der Waals surface area contributed by atoms with Gasteiger partial charge in [-0.15, -0.1) is 34.0 Å². The molecule has 15 rings (SSSR count). The third kappa shape index (κ3) is 10.7. The molecule has 86 heavy (non-hydrogen) atoms. The number of fused-ring (bicyclic) bond motifs is 2. The van der Waals surface area contributed by atoms with Gasteiger partial charge in [-0.2, -0.15) is 0 Å². The highest BCUT2D eigenvalue weighted by molar-refractivity contribution is 7.22. The first-order valence-electron chi connectivity index (χ1n) is 28.9. The van der Waals surface area contributed by atoms with Crippen molar-refractivity contribution in [2.24, 2.45) is 0 Å². The molecule has 0 aliphatic heterocycles. The van der Waals surface area contributed by atoms with Crippen LogP contribution in [0, 0.1) is 0 Å². The number of benzene rings is 12. The molecular weight excluding hydrogens is 1100 g/mol.